The van der Waals surface area contributed by atoms with Crippen LogP contribution in [0.1, 0.15) is 20.8 Å². The first kappa shape index (κ1) is 11.4. The highest BCUT2D eigenvalue weighted by molar-refractivity contribution is 5.45. The van der Waals surface area contributed by atoms with Crippen molar-refractivity contribution < 1.29 is 4.74 Å². The molecular formula is C15H20O. The van der Waals surface area contributed by atoms with Crippen LogP contribution in [-0.2, 0) is 4.74 Å². The van der Waals surface area contributed by atoms with Gasteiger partial charge in [0.1, 0.15) is 0 Å². The largest absolute Gasteiger partial charge is 0.377 e. The topological polar surface area (TPSA) is 9.23 Å². The minimum absolute atomic E-state index is 0.190. The summed E-state index contributed by atoms with van der Waals surface area (Å²) in [6.45, 7) is 6.80. The van der Waals surface area contributed by atoms with Gasteiger partial charge in [-0.25, -0.2) is 0 Å². The molecule has 0 amide bonds. The Labute approximate surface area is 97.4 Å². The van der Waals surface area contributed by atoms with E-state index < -0.39 is 0 Å². The lowest BCUT2D eigenvalue weighted by Crippen LogP contribution is -2.40. The SMILES string of the molecule is COC1C=c2ccccc2=CC1C(C)(C)C. The van der Waals surface area contributed by atoms with E-state index in [1.165, 1.54) is 10.4 Å². The summed E-state index contributed by atoms with van der Waals surface area (Å²) in [6, 6.07) is 8.50. The molecule has 0 saturated heterocycles. The van der Waals surface area contributed by atoms with Gasteiger partial charge in [0.05, 0.1) is 6.10 Å². The van der Waals surface area contributed by atoms with Crippen molar-refractivity contribution in [2.45, 2.75) is 26.9 Å². The third kappa shape index (κ3) is 2.05. The van der Waals surface area contributed by atoms with Crippen LogP contribution in [-0.4, -0.2) is 13.2 Å². The predicted octanol–water partition coefficient (Wildman–Crippen LogP) is 1.94. The fourth-order valence-corrected chi connectivity index (χ4v) is 2.34. The van der Waals surface area contributed by atoms with Crippen LogP contribution in [0, 0.1) is 11.3 Å². The molecule has 16 heavy (non-hydrogen) atoms. The van der Waals surface area contributed by atoms with E-state index in [0.29, 0.717) is 5.92 Å². The first-order valence-corrected chi connectivity index (χ1v) is 5.84. The van der Waals surface area contributed by atoms with E-state index in [4.69, 9.17) is 4.74 Å². The maximum Gasteiger partial charge on any atom is 0.0828 e. The van der Waals surface area contributed by atoms with Gasteiger partial charge in [-0.3, -0.25) is 0 Å². The van der Waals surface area contributed by atoms with Crippen LogP contribution in [0.25, 0.3) is 12.2 Å². The number of hydrogen-bond donors (Lipinski definition) is 0. The Kier molecular flexibility index (Phi) is 2.90. The number of benzene rings is 1. The van der Waals surface area contributed by atoms with Crippen molar-refractivity contribution in [3.8, 4) is 0 Å². The Bertz CT molecular complexity index is 479. The quantitative estimate of drug-likeness (QED) is 0.697. The molecule has 0 N–H and O–H groups in total. The first-order chi connectivity index (χ1) is 7.52. The number of fused-ring (bicyclic) bond motifs is 1. The summed E-state index contributed by atoms with van der Waals surface area (Å²) in [5, 5.41) is 2.62. The van der Waals surface area contributed by atoms with Crippen LogP contribution in [0.2, 0.25) is 0 Å². The highest BCUT2D eigenvalue weighted by atomic mass is 16.5. The minimum atomic E-state index is 0.190. The Morgan fingerprint density at radius 1 is 1.00 bits per heavy atom. The summed E-state index contributed by atoms with van der Waals surface area (Å²) < 4.78 is 5.60. The van der Waals surface area contributed by atoms with Gasteiger partial charge in [0.15, 0.2) is 0 Å². The predicted molar refractivity (Wildman–Crippen MR) is 68.4 cm³/mol. The molecule has 2 rings (SSSR count). The second kappa shape index (κ2) is 4.06. The number of methoxy groups -OCH3 is 1. The van der Waals surface area contributed by atoms with Gasteiger partial charge < -0.3 is 4.74 Å². The Morgan fingerprint density at radius 2 is 1.56 bits per heavy atom. The maximum absolute atomic E-state index is 5.60. The second-order valence-corrected chi connectivity index (χ2v) is 5.55. The van der Waals surface area contributed by atoms with Crippen LogP contribution in [0.5, 0.6) is 0 Å². The molecule has 1 aromatic rings. The van der Waals surface area contributed by atoms with E-state index in [-0.39, 0.29) is 11.5 Å². The lowest BCUT2D eigenvalue weighted by molar-refractivity contribution is 0.0782. The van der Waals surface area contributed by atoms with Gasteiger partial charge in [-0.05, 0) is 21.9 Å². The van der Waals surface area contributed by atoms with E-state index in [0.717, 1.165) is 0 Å². The van der Waals surface area contributed by atoms with Crippen molar-refractivity contribution in [3.63, 3.8) is 0 Å². The molecule has 0 aliphatic heterocycles. The molecule has 0 aromatic heterocycles. The standard InChI is InChI=1S/C15H20O/c1-15(2,3)13-9-11-7-5-6-8-12(11)10-14(13)16-4/h5-10,13-14H,1-4H3. The summed E-state index contributed by atoms with van der Waals surface area (Å²) in [7, 11) is 1.79. The molecule has 2 atom stereocenters. The summed E-state index contributed by atoms with van der Waals surface area (Å²) in [5.41, 5.74) is 0.227. The van der Waals surface area contributed by atoms with Crippen LogP contribution >= 0.6 is 0 Å². The molecule has 86 valence electrons. The molecule has 0 saturated carbocycles. The third-order valence-electron chi connectivity index (χ3n) is 3.33. The molecule has 1 aliphatic rings. The molecule has 1 heteroatoms. The van der Waals surface area contributed by atoms with Crippen LogP contribution in [0.3, 0.4) is 0 Å². The molecule has 0 spiro atoms. The molecule has 1 nitrogen and oxygen atoms in total. The summed E-state index contributed by atoms with van der Waals surface area (Å²) in [5.74, 6) is 0.437. The lowest BCUT2D eigenvalue weighted by atomic mass is 9.75. The normalized spacial score (nSPS) is 24.2. The van der Waals surface area contributed by atoms with Crippen LogP contribution in [0.4, 0.5) is 0 Å². The fourth-order valence-electron chi connectivity index (χ4n) is 2.34. The van der Waals surface area contributed by atoms with Crippen LogP contribution in [0.15, 0.2) is 24.3 Å². The molecule has 0 radical (unpaired) electrons. The summed E-state index contributed by atoms with van der Waals surface area (Å²) in [6.07, 6.45) is 4.78. The van der Waals surface area contributed by atoms with E-state index in [1.54, 1.807) is 7.11 Å². The van der Waals surface area contributed by atoms with Gasteiger partial charge in [-0.2, -0.15) is 0 Å². The fraction of sp³-hybridized carbons (Fsp3) is 0.467. The van der Waals surface area contributed by atoms with Gasteiger partial charge >= 0.3 is 0 Å². The monoisotopic (exact) mass is 216 g/mol. The Balaban J connectivity index is 2.56. The molecular weight excluding hydrogens is 196 g/mol. The number of rotatable bonds is 1. The summed E-state index contributed by atoms with van der Waals surface area (Å²) in [4.78, 5) is 0. The maximum atomic E-state index is 5.60. The van der Waals surface area contributed by atoms with Gasteiger partial charge in [-0.15, -0.1) is 0 Å². The Hall–Kier alpha value is -1.08. The molecule has 0 bridgehead atoms. The highest BCUT2D eigenvalue weighted by Crippen LogP contribution is 2.32. The number of hydrogen-bond acceptors (Lipinski definition) is 1. The van der Waals surface area contributed by atoms with E-state index >= 15 is 0 Å². The summed E-state index contributed by atoms with van der Waals surface area (Å²) >= 11 is 0. The Morgan fingerprint density at radius 3 is 2.06 bits per heavy atom. The van der Waals surface area contributed by atoms with Crippen molar-refractivity contribution in [1.29, 1.82) is 0 Å². The molecule has 2 unspecified atom stereocenters. The van der Waals surface area contributed by atoms with Crippen molar-refractivity contribution in [2.75, 3.05) is 7.11 Å². The van der Waals surface area contributed by atoms with E-state index in [1.807, 2.05) is 0 Å². The average molecular weight is 216 g/mol. The average Bonchev–Trinajstić information content (AvgIpc) is 2.26. The van der Waals surface area contributed by atoms with Crippen molar-refractivity contribution in [1.82, 2.24) is 0 Å². The van der Waals surface area contributed by atoms with Gasteiger partial charge in [0.25, 0.3) is 0 Å². The zero-order valence-corrected chi connectivity index (χ0v) is 10.5. The molecule has 1 aliphatic carbocycles. The van der Waals surface area contributed by atoms with Crippen molar-refractivity contribution in [2.24, 2.45) is 11.3 Å². The smallest absolute Gasteiger partial charge is 0.0828 e. The van der Waals surface area contributed by atoms with E-state index in [2.05, 4.69) is 57.2 Å². The second-order valence-electron chi connectivity index (χ2n) is 5.55. The van der Waals surface area contributed by atoms with Crippen molar-refractivity contribution in [3.05, 3.63) is 34.7 Å². The highest BCUT2D eigenvalue weighted by Gasteiger charge is 2.30. The lowest BCUT2D eigenvalue weighted by Gasteiger charge is -2.34. The van der Waals surface area contributed by atoms with E-state index in [9.17, 15) is 0 Å². The zero-order valence-electron chi connectivity index (χ0n) is 10.5. The minimum Gasteiger partial charge on any atom is -0.377 e. The third-order valence-corrected chi connectivity index (χ3v) is 3.33. The first-order valence-electron chi connectivity index (χ1n) is 5.84. The molecule has 0 fully saturated rings. The molecule has 1 aromatic carbocycles. The van der Waals surface area contributed by atoms with Gasteiger partial charge in [-0.1, -0.05) is 51.1 Å². The van der Waals surface area contributed by atoms with Crippen LogP contribution < -0.4 is 10.4 Å². The molecule has 0 heterocycles. The van der Waals surface area contributed by atoms with Crippen molar-refractivity contribution >= 4 is 12.2 Å². The number of ether oxygens (including phenoxy) is 1. The zero-order chi connectivity index (χ0) is 11.8. The van der Waals surface area contributed by atoms with Gasteiger partial charge in [0.2, 0.25) is 0 Å². The van der Waals surface area contributed by atoms with Gasteiger partial charge in [0, 0.05) is 13.0 Å².